The third-order valence-corrected chi connectivity index (χ3v) is 5.45. The fourth-order valence-corrected chi connectivity index (χ4v) is 3.70. The highest BCUT2D eigenvalue weighted by Crippen LogP contribution is 2.19. The maximum absolute atomic E-state index is 12.6. The fourth-order valence-electron chi connectivity index (χ4n) is 3.70. The molecule has 29 heavy (non-hydrogen) atoms. The highest BCUT2D eigenvalue weighted by atomic mass is 16.5. The van der Waals surface area contributed by atoms with Gasteiger partial charge in [0.2, 0.25) is 0 Å². The first-order valence-electron chi connectivity index (χ1n) is 10.0. The molecule has 2 aromatic rings. The third kappa shape index (κ3) is 4.72. The molecule has 8 nitrogen and oxygen atoms in total. The number of carbonyl (C=O) groups is 1. The SMILES string of the molecule is Cc1c(NC2COC2)ncnc1C(=O)NCC(O)CN1CCc2ccccc2C1. The van der Waals surface area contributed by atoms with E-state index in [1.165, 1.54) is 17.5 Å². The number of hydrogen-bond donors (Lipinski definition) is 3. The summed E-state index contributed by atoms with van der Waals surface area (Å²) in [4.78, 5) is 23.1. The van der Waals surface area contributed by atoms with E-state index in [2.05, 4.69) is 43.7 Å². The Labute approximate surface area is 170 Å². The van der Waals surface area contributed by atoms with E-state index < -0.39 is 6.10 Å². The summed E-state index contributed by atoms with van der Waals surface area (Å²) in [6.45, 7) is 5.53. The average Bonchev–Trinajstić information content (AvgIpc) is 2.70. The van der Waals surface area contributed by atoms with E-state index in [1.54, 1.807) is 0 Å². The summed E-state index contributed by atoms with van der Waals surface area (Å²) >= 11 is 0. The van der Waals surface area contributed by atoms with Crippen LogP contribution >= 0.6 is 0 Å². The second-order valence-electron chi connectivity index (χ2n) is 7.69. The van der Waals surface area contributed by atoms with Crippen LogP contribution in [0.25, 0.3) is 0 Å². The molecule has 2 aliphatic rings. The lowest BCUT2D eigenvalue weighted by molar-refractivity contribution is 0.0209. The Balaban J connectivity index is 1.29. The minimum atomic E-state index is -0.643. The zero-order chi connectivity index (χ0) is 20.2. The van der Waals surface area contributed by atoms with Crippen molar-refractivity contribution in [1.29, 1.82) is 0 Å². The standard InChI is InChI=1S/C21H27N5O3/c1-14-19(23-13-24-20(14)25-17-11-29-12-17)21(28)22-8-18(27)10-26-7-6-15-4-2-3-5-16(15)9-26/h2-5,13,17-18,27H,6-12H2,1H3,(H,22,28)(H,23,24,25). The molecule has 0 aliphatic carbocycles. The molecule has 0 saturated carbocycles. The molecule has 4 rings (SSSR count). The smallest absolute Gasteiger partial charge is 0.270 e. The third-order valence-electron chi connectivity index (χ3n) is 5.45. The summed E-state index contributed by atoms with van der Waals surface area (Å²) in [5.41, 5.74) is 3.70. The van der Waals surface area contributed by atoms with Gasteiger partial charge in [0.05, 0.1) is 25.4 Å². The van der Waals surface area contributed by atoms with Crippen molar-refractivity contribution < 1.29 is 14.6 Å². The molecule has 0 bridgehead atoms. The van der Waals surface area contributed by atoms with Crippen molar-refractivity contribution in [3.63, 3.8) is 0 Å². The summed E-state index contributed by atoms with van der Waals surface area (Å²) in [5.74, 6) is 0.340. The number of β-amino-alcohol motifs (C(OH)–C–C–N with tert-alkyl or cyclic N) is 1. The minimum Gasteiger partial charge on any atom is -0.390 e. The molecule has 1 atom stereocenters. The quantitative estimate of drug-likeness (QED) is 0.634. The first-order valence-corrected chi connectivity index (χ1v) is 10.0. The van der Waals surface area contributed by atoms with Crippen LogP contribution in [-0.4, -0.2) is 70.9 Å². The Bertz CT molecular complexity index is 871. The Kier molecular flexibility index (Phi) is 6.03. The summed E-state index contributed by atoms with van der Waals surface area (Å²) in [5, 5.41) is 16.5. The van der Waals surface area contributed by atoms with Crippen molar-refractivity contribution in [2.75, 3.05) is 38.2 Å². The van der Waals surface area contributed by atoms with Crippen LogP contribution in [0.1, 0.15) is 27.2 Å². The normalized spacial score (nSPS) is 17.9. The maximum Gasteiger partial charge on any atom is 0.270 e. The lowest BCUT2D eigenvalue weighted by Gasteiger charge is -2.30. The minimum absolute atomic E-state index is 0.180. The van der Waals surface area contributed by atoms with Crippen LogP contribution in [0.15, 0.2) is 30.6 Å². The number of aliphatic hydroxyl groups is 1. The Hall–Kier alpha value is -2.55. The van der Waals surface area contributed by atoms with Crippen LogP contribution in [0.4, 0.5) is 5.82 Å². The van der Waals surface area contributed by atoms with E-state index in [9.17, 15) is 9.90 Å². The van der Waals surface area contributed by atoms with Crippen molar-refractivity contribution in [2.45, 2.75) is 32.0 Å². The predicted molar refractivity (Wildman–Crippen MR) is 109 cm³/mol. The molecular weight excluding hydrogens is 370 g/mol. The van der Waals surface area contributed by atoms with Crippen LogP contribution in [-0.2, 0) is 17.7 Å². The van der Waals surface area contributed by atoms with Crippen LogP contribution in [0.3, 0.4) is 0 Å². The number of aliphatic hydroxyl groups excluding tert-OH is 1. The molecule has 8 heteroatoms. The predicted octanol–water partition coefficient (Wildman–Crippen LogP) is 0.745. The first kappa shape index (κ1) is 19.8. The molecule has 2 aliphatic heterocycles. The molecule has 154 valence electrons. The zero-order valence-electron chi connectivity index (χ0n) is 16.6. The number of amides is 1. The van der Waals surface area contributed by atoms with Crippen LogP contribution < -0.4 is 10.6 Å². The maximum atomic E-state index is 12.6. The van der Waals surface area contributed by atoms with Gasteiger partial charge in [0.1, 0.15) is 17.8 Å². The van der Waals surface area contributed by atoms with Crippen LogP contribution in [0.2, 0.25) is 0 Å². The lowest BCUT2D eigenvalue weighted by Crippen LogP contribution is -2.42. The molecule has 1 aromatic heterocycles. The van der Waals surface area contributed by atoms with Crippen molar-refractivity contribution in [3.8, 4) is 0 Å². The van der Waals surface area contributed by atoms with E-state index >= 15 is 0 Å². The van der Waals surface area contributed by atoms with E-state index in [1.807, 2.05) is 13.0 Å². The largest absolute Gasteiger partial charge is 0.390 e. The van der Waals surface area contributed by atoms with E-state index in [0.29, 0.717) is 36.8 Å². The number of benzene rings is 1. The van der Waals surface area contributed by atoms with Crippen LogP contribution in [0.5, 0.6) is 0 Å². The van der Waals surface area contributed by atoms with Gasteiger partial charge in [-0.25, -0.2) is 9.97 Å². The van der Waals surface area contributed by atoms with Crippen molar-refractivity contribution in [2.24, 2.45) is 0 Å². The van der Waals surface area contributed by atoms with E-state index in [4.69, 9.17) is 4.74 Å². The second kappa shape index (κ2) is 8.86. The number of carbonyl (C=O) groups excluding carboxylic acids is 1. The van der Waals surface area contributed by atoms with Gasteiger partial charge in [0.15, 0.2) is 0 Å². The molecule has 1 saturated heterocycles. The Morgan fingerprint density at radius 1 is 1.31 bits per heavy atom. The molecule has 1 fully saturated rings. The van der Waals surface area contributed by atoms with Gasteiger partial charge in [-0.15, -0.1) is 0 Å². The molecule has 1 unspecified atom stereocenters. The van der Waals surface area contributed by atoms with E-state index in [-0.39, 0.29) is 18.5 Å². The second-order valence-corrected chi connectivity index (χ2v) is 7.69. The summed E-state index contributed by atoms with van der Waals surface area (Å²) in [7, 11) is 0. The number of fused-ring (bicyclic) bond motifs is 1. The zero-order valence-corrected chi connectivity index (χ0v) is 16.6. The van der Waals surface area contributed by atoms with E-state index in [0.717, 1.165) is 19.5 Å². The van der Waals surface area contributed by atoms with Gasteiger partial charge in [-0.05, 0) is 24.5 Å². The Morgan fingerprint density at radius 2 is 2.10 bits per heavy atom. The van der Waals surface area contributed by atoms with Gasteiger partial charge in [-0.2, -0.15) is 0 Å². The van der Waals surface area contributed by atoms with Crippen molar-refractivity contribution in [1.82, 2.24) is 20.2 Å². The van der Waals surface area contributed by atoms with Gasteiger partial charge in [0, 0.05) is 31.7 Å². The lowest BCUT2D eigenvalue weighted by atomic mass is 10.00. The topological polar surface area (TPSA) is 99.6 Å². The average molecular weight is 397 g/mol. The van der Waals surface area contributed by atoms with Gasteiger partial charge < -0.3 is 20.5 Å². The van der Waals surface area contributed by atoms with Crippen molar-refractivity contribution >= 4 is 11.7 Å². The molecule has 1 aromatic carbocycles. The molecule has 0 radical (unpaired) electrons. The van der Waals surface area contributed by atoms with Crippen molar-refractivity contribution in [3.05, 3.63) is 53.0 Å². The summed E-state index contributed by atoms with van der Waals surface area (Å²) in [6, 6.07) is 8.62. The van der Waals surface area contributed by atoms with Crippen LogP contribution in [0, 0.1) is 6.92 Å². The number of anilines is 1. The molecule has 3 heterocycles. The molecular formula is C21H27N5O3. The fraction of sp³-hybridized carbons (Fsp3) is 0.476. The van der Waals surface area contributed by atoms with Gasteiger partial charge in [-0.1, -0.05) is 24.3 Å². The number of nitrogens with zero attached hydrogens (tertiary/aromatic N) is 3. The number of aromatic nitrogens is 2. The van der Waals surface area contributed by atoms with Gasteiger partial charge >= 0.3 is 0 Å². The highest BCUT2D eigenvalue weighted by Gasteiger charge is 2.22. The number of ether oxygens (including phenoxy) is 1. The number of nitrogens with one attached hydrogen (secondary N) is 2. The summed E-state index contributed by atoms with van der Waals surface area (Å²) in [6.07, 6.45) is 1.72. The van der Waals surface area contributed by atoms with Gasteiger partial charge in [0.25, 0.3) is 5.91 Å². The molecule has 1 amide bonds. The summed E-state index contributed by atoms with van der Waals surface area (Å²) < 4.78 is 5.15. The molecule has 3 N–H and O–H groups in total. The monoisotopic (exact) mass is 397 g/mol. The number of rotatable bonds is 7. The number of hydrogen-bond acceptors (Lipinski definition) is 7. The molecule has 0 spiro atoms. The van der Waals surface area contributed by atoms with Gasteiger partial charge in [-0.3, -0.25) is 9.69 Å². The Morgan fingerprint density at radius 3 is 2.86 bits per heavy atom. The first-order chi connectivity index (χ1) is 14.1. The highest BCUT2D eigenvalue weighted by molar-refractivity contribution is 5.94.